The molecule has 0 radical (unpaired) electrons. The predicted octanol–water partition coefficient (Wildman–Crippen LogP) is 2.15. The highest BCUT2D eigenvalue weighted by Crippen LogP contribution is 2.08. The van der Waals surface area contributed by atoms with Gasteiger partial charge in [0.15, 0.2) is 11.1 Å². The van der Waals surface area contributed by atoms with Gasteiger partial charge in [-0.3, -0.25) is 0 Å². The highest BCUT2D eigenvalue weighted by Gasteiger charge is 1.98. The largest absolute Gasteiger partial charge is 0.306 e. The lowest BCUT2D eigenvalue weighted by Crippen LogP contribution is -1.93. The predicted molar refractivity (Wildman–Crippen MR) is 50.5 cm³/mol. The maximum atomic E-state index is 10.4. The van der Waals surface area contributed by atoms with Crippen LogP contribution in [0, 0.1) is 0 Å². The summed E-state index contributed by atoms with van der Waals surface area (Å²) in [6, 6.07) is 7.36. The average molecular weight is 205 g/mol. The summed E-state index contributed by atoms with van der Waals surface area (Å²) >= 11 is 3.83. The maximum absolute atomic E-state index is 10.4. The molecule has 1 rings (SSSR count). The molecule has 0 saturated heterocycles. The molecule has 1 aromatic carbocycles. The average Bonchev–Trinajstić information content (AvgIpc) is 2.03. The van der Waals surface area contributed by atoms with E-state index in [0.29, 0.717) is 5.88 Å². The molecule has 1 aromatic rings. The van der Waals surface area contributed by atoms with Gasteiger partial charge in [0.2, 0.25) is 0 Å². The SMILES string of the molecule is O=S(O)Cc1cccc(CCl)c1. The molecule has 0 aliphatic rings. The summed E-state index contributed by atoms with van der Waals surface area (Å²) in [5.74, 6) is 0.608. The van der Waals surface area contributed by atoms with Crippen molar-refractivity contribution in [2.45, 2.75) is 11.6 Å². The summed E-state index contributed by atoms with van der Waals surface area (Å²) in [4.78, 5) is 0. The lowest BCUT2D eigenvalue weighted by atomic mass is 10.2. The zero-order valence-corrected chi connectivity index (χ0v) is 7.94. The fraction of sp³-hybridized carbons (Fsp3) is 0.250. The minimum atomic E-state index is -1.77. The summed E-state index contributed by atoms with van der Waals surface area (Å²) in [7, 11) is 0. The van der Waals surface area contributed by atoms with Gasteiger partial charge in [0.05, 0.1) is 5.75 Å². The molecule has 0 aromatic heterocycles. The van der Waals surface area contributed by atoms with Crippen molar-refractivity contribution in [2.75, 3.05) is 0 Å². The van der Waals surface area contributed by atoms with Gasteiger partial charge in [0.25, 0.3) is 0 Å². The maximum Gasteiger partial charge on any atom is 0.157 e. The first-order valence-corrected chi connectivity index (χ1v) is 5.24. The van der Waals surface area contributed by atoms with E-state index in [4.69, 9.17) is 16.2 Å². The van der Waals surface area contributed by atoms with Gasteiger partial charge in [-0.05, 0) is 11.1 Å². The Hall–Kier alpha value is -0.380. The van der Waals surface area contributed by atoms with Gasteiger partial charge in [0, 0.05) is 5.88 Å². The monoisotopic (exact) mass is 204 g/mol. The Kier molecular flexibility index (Phi) is 3.72. The molecule has 4 heteroatoms. The zero-order valence-electron chi connectivity index (χ0n) is 6.37. The van der Waals surface area contributed by atoms with Crippen LogP contribution in [0.4, 0.5) is 0 Å². The van der Waals surface area contributed by atoms with Crippen molar-refractivity contribution in [2.24, 2.45) is 0 Å². The van der Waals surface area contributed by atoms with Crippen LogP contribution in [-0.4, -0.2) is 8.76 Å². The van der Waals surface area contributed by atoms with Gasteiger partial charge in [-0.15, -0.1) is 11.6 Å². The van der Waals surface area contributed by atoms with Crippen molar-refractivity contribution in [1.82, 2.24) is 0 Å². The second kappa shape index (κ2) is 4.60. The molecule has 0 saturated carbocycles. The van der Waals surface area contributed by atoms with E-state index in [0.717, 1.165) is 11.1 Å². The second-order valence-electron chi connectivity index (χ2n) is 2.42. The molecule has 0 fully saturated rings. The van der Waals surface area contributed by atoms with Gasteiger partial charge in [0.1, 0.15) is 0 Å². The third-order valence-electron chi connectivity index (χ3n) is 1.44. The van der Waals surface area contributed by atoms with Crippen molar-refractivity contribution in [3.8, 4) is 0 Å². The number of benzene rings is 1. The molecule has 0 amide bonds. The Bertz CT molecular complexity index is 288. The fourth-order valence-electron chi connectivity index (χ4n) is 0.945. The molecular weight excluding hydrogens is 196 g/mol. The van der Waals surface area contributed by atoms with Crippen LogP contribution in [-0.2, 0) is 22.7 Å². The zero-order chi connectivity index (χ0) is 8.97. The first-order valence-electron chi connectivity index (χ1n) is 3.43. The van der Waals surface area contributed by atoms with E-state index in [1.807, 2.05) is 24.3 Å². The van der Waals surface area contributed by atoms with Crippen molar-refractivity contribution >= 4 is 22.7 Å². The Labute approximate surface area is 78.8 Å². The molecule has 1 N–H and O–H groups in total. The highest BCUT2D eigenvalue weighted by atomic mass is 35.5. The van der Waals surface area contributed by atoms with Gasteiger partial charge in [-0.25, -0.2) is 4.21 Å². The van der Waals surface area contributed by atoms with E-state index < -0.39 is 11.1 Å². The van der Waals surface area contributed by atoms with E-state index in [2.05, 4.69) is 0 Å². The van der Waals surface area contributed by atoms with Crippen LogP contribution in [0.3, 0.4) is 0 Å². The molecule has 0 spiro atoms. The fourth-order valence-corrected chi connectivity index (χ4v) is 1.58. The Morgan fingerprint density at radius 2 is 2.08 bits per heavy atom. The summed E-state index contributed by atoms with van der Waals surface area (Å²) < 4.78 is 19.1. The topological polar surface area (TPSA) is 37.3 Å². The van der Waals surface area contributed by atoms with Gasteiger partial charge >= 0.3 is 0 Å². The molecule has 1 atom stereocenters. The van der Waals surface area contributed by atoms with E-state index in [1.165, 1.54) is 0 Å². The van der Waals surface area contributed by atoms with Crippen molar-refractivity contribution in [3.05, 3.63) is 35.4 Å². The summed E-state index contributed by atoms with van der Waals surface area (Å²) in [6.45, 7) is 0. The van der Waals surface area contributed by atoms with E-state index >= 15 is 0 Å². The quantitative estimate of drug-likeness (QED) is 0.605. The summed E-state index contributed by atoms with van der Waals surface area (Å²) in [6.07, 6.45) is 0. The molecule has 12 heavy (non-hydrogen) atoms. The van der Waals surface area contributed by atoms with Crippen LogP contribution >= 0.6 is 11.6 Å². The van der Waals surface area contributed by atoms with E-state index in [-0.39, 0.29) is 5.75 Å². The van der Waals surface area contributed by atoms with Crippen LogP contribution in [0.1, 0.15) is 11.1 Å². The second-order valence-corrected chi connectivity index (χ2v) is 3.62. The molecule has 1 unspecified atom stereocenters. The van der Waals surface area contributed by atoms with Gasteiger partial charge < -0.3 is 4.55 Å². The standard InChI is InChI=1S/C8H9ClO2S/c9-5-7-2-1-3-8(4-7)6-12(10)11/h1-4H,5-6H2,(H,10,11). The molecular formula is C8H9ClO2S. The Morgan fingerprint density at radius 1 is 1.42 bits per heavy atom. The number of halogens is 1. The lowest BCUT2D eigenvalue weighted by molar-refractivity contribution is 0.563. The summed E-state index contributed by atoms with van der Waals surface area (Å²) in [5, 5.41) is 0. The van der Waals surface area contributed by atoms with Crippen molar-refractivity contribution in [3.63, 3.8) is 0 Å². The van der Waals surface area contributed by atoms with Gasteiger partial charge in [-0.1, -0.05) is 24.3 Å². The Balaban J connectivity index is 2.79. The molecule has 0 aliphatic carbocycles. The third-order valence-corrected chi connectivity index (χ3v) is 2.32. The molecule has 0 aliphatic heterocycles. The first-order chi connectivity index (χ1) is 5.72. The number of alkyl halides is 1. The van der Waals surface area contributed by atoms with E-state index in [1.54, 1.807) is 0 Å². The molecule has 0 heterocycles. The smallest absolute Gasteiger partial charge is 0.157 e. The van der Waals surface area contributed by atoms with Crippen LogP contribution in [0.2, 0.25) is 0 Å². The number of rotatable bonds is 3. The number of hydrogen-bond donors (Lipinski definition) is 1. The first kappa shape index (κ1) is 9.71. The molecule has 2 nitrogen and oxygen atoms in total. The minimum absolute atomic E-state index is 0.171. The van der Waals surface area contributed by atoms with Crippen molar-refractivity contribution in [1.29, 1.82) is 0 Å². The third kappa shape index (κ3) is 2.93. The molecule has 66 valence electrons. The van der Waals surface area contributed by atoms with Gasteiger partial charge in [-0.2, -0.15) is 0 Å². The minimum Gasteiger partial charge on any atom is -0.306 e. The van der Waals surface area contributed by atoms with Crippen molar-refractivity contribution < 1.29 is 8.76 Å². The summed E-state index contributed by atoms with van der Waals surface area (Å²) in [5.41, 5.74) is 1.81. The van der Waals surface area contributed by atoms with Crippen LogP contribution in [0.15, 0.2) is 24.3 Å². The molecule has 0 bridgehead atoms. The number of hydrogen-bond acceptors (Lipinski definition) is 1. The van der Waals surface area contributed by atoms with Crippen LogP contribution in [0.25, 0.3) is 0 Å². The lowest BCUT2D eigenvalue weighted by Gasteiger charge is -1.99. The Morgan fingerprint density at radius 3 is 2.67 bits per heavy atom. The normalized spacial score (nSPS) is 12.8. The van der Waals surface area contributed by atoms with Crippen LogP contribution in [0.5, 0.6) is 0 Å². The van der Waals surface area contributed by atoms with Crippen LogP contribution < -0.4 is 0 Å². The highest BCUT2D eigenvalue weighted by molar-refractivity contribution is 7.78. The van der Waals surface area contributed by atoms with E-state index in [9.17, 15) is 4.21 Å².